The summed E-state index contributed by atoms with van der Waals surface area (Å²) >= 11 is 8.01. The highest BCUT2D eigenvalue weighted by molar-refractivity contribution is 7.98. The van der Waals surface area contributed by atoms with E-state index >= 15 is 0 Å². The molecule has 0 amide bonds. The lowest BCUT2D eigenvalue weighted by Gasteiger charge is -2.11. The maximum atomic E-state index is 6.39. The summed E-state index contributed by atoms with van der Waals surface area (Å²) in [4.78, 5) is 0. The van der Waals surface area contributed by atoms with Crippen molar-refractivity contribution in [3.05, 3.63) is 52.5 Å². The third kappa shape index (κ3) is 3.77. The summed E-state index contributed by atoms with van der Waals surface area (Å²) in [6, 6.07) is 12.1. The molecular formula is C20H20ClN3O2S. The van der Waals surface area contributed by atoms with Crippen LogP contribution >= 0.6 is 23.4 Å². The molecule has 0 unspecified atom stereocenters. The smallest absolute Gasteiger partial charge is 0.191 e. The molecule has 140 valence electrons. The molecule has 27 heavy (non-hydrogen) atoms. The van der Waals surface area contributed by atoms with Gasteiger partial charge in [0.2, 0.25) is 0 Å². The number of nitrogens with zero attached hydrogens (tertiary/aromatic N) is 3. The van der Waals surface area contributed by atoms with Gasteiger partial charge in [0, 0.05) is 24.8 Å². The Labute approximate surface area is 167 Å². The number of hydrogen-bond donors (Lipinski definition) is 0. The van der Waals surface area contributed by atoms with Crippen LogP contribution in [0.25, 0.3) is 11.4 Å². The number of aromatic nitrogens is 3. The minimum absolute atomic E-state index is 0.587. The second-order valence-corrected chi connectivity index (χ2v) is 7.77. The number of halogens is 1. The van der Waals surface area contributed by atoms with Crippen LogP contribution in [0.15, 0.2) is 41.6 Å². The van der Waals surface area contributed by atoms with E-state index < -0.39 is 0 Å². The van der Waals surface area contributed by atoms with Gasteiger partial charge in [-0.25, -0.2) is 0 Å². The van der Waals surface area contributed by atoms with Crippen LogP contribution in [0.3, 0.4) is 0 Å². The van der Waals surface area contributed by atoms with Gasteiger partial charge in [-0.05, 0) is 30.2 Å². The van der Waals surface area contributed by atoms with Crippen LogP contribution in [-0.4, -0.2) is 28.0 Å². The lowest BCUT2D eigenvalue weighted by Crippen LogP contribution is -1.97. The van der Waals surface area contributed by atoms with Crippen molar-refractivity contribution in [2.24, 2.45) is 7.05 Å². The van der Waals surface area contributed by atoms with E-state index in [0.29, 0.717) is 29.7 Å². The number of fused-ring (bicyclic) bond motifs is 1. The maximum Gasteiger partial charge on any atom is 0.191 e. The minimum Gasteiger partial charge on any atom is -0.489 e. The first-order valence-corrected chi connectivity index (χ1v) is 10.2. The van der Waals surface area contributed by atoms with E-state index in [-0.39, 0.29) is 0 Å². The Bertz CT molecular complexity index is 974. The fraction of sp³-hybridized carbons (Fsp3) is 0.300. The molecule has 1 aromatic heterocycles. The first-order chi connectivity index (χ1) is 13.1. The highest BCUT2D eigenvalue weighted by Crippen LogP contribution is 2.39. The molecule has 0 atom stereocenters. The molecule has 0 aliphatic carbocycles. The molecule has 0 saturated carbocycles. The molecule has 1 aliphatic heterocycles. The Kier molecular flexibility index (Phi) is 5.27. The van der Waals surface area contributed by atoms with Crippen LogP contribution < -0.4 is 9.47 Å². The first-order valence-electron chi connectivity index (χ1n) is 8.79. The molecule has 5 nitrogen and oxygen atoms in total. The highest BCUT2D eigenvalue weighted by atomic mass is 35.5. The number of hydrogen-bond acceptors (Lipinski definition) is 5. The van der Waals surface area contributed by atoms with Gasteiger partial charge in [0.05, 0.1) is 18.2 Å². The zero-order chi connectivity index (χ0) is 18.8. The molecule has 1 aliphatic rings. The van der Waals surface area contributed by atoms with Crippen molar-refractivity contribution in [2.75, 3.05) is 13.2 Å². The van der Waals surface area contributed by atoms with Crippen LogP contribution in [-0.2, 0) is 12.8 Å². The molecular weight excluding hydrogens is 382 g/mol. The summed E-state index contributed by atoms with van der Waals surface area (Å²) in [5.74, 6) is 2.95. The molecule has 4 rings (SSSR count). The summed E-state index contributed by atoms with van der Waals surface area (Å²) in [5.41, 5.74) is 3.34. The lowest BCUT2D eigenvalue weighted by atomic mass is 10.1. The van der Waals surface area contributed by atoms with Gasteiger partial charge in [-0.2, -0.15) is 0 Å². The molecule has 0 fully saturated rings. The first kappa shape index (κ1) is 18.2. The van der Waals surface area contributed by atoms with Crippen LogP contribution in [0.2, 0.25) is 5.02 Å². The van der Waals surface area contributed by atoms with Gasteiger partial charge in [-0.15, -0.1) is 10.2 Å². The summed E-state index contributed by atoms with van der Waals surface area (Å²) in [5, 5.41) is 10.2. The monoisotopic (exact) mass is 401 g/mol. The SMILES string of the molecule is Cc1ccccc1-c1nnc(SCc2cc(Cl)c3c(c2)OCCCO3)n1C. The van der Waals surface area contributed by atoms with Gasteiger partial charge in [0.1, 0.15) is 0 Å². The van der Waals surface area contributed by atoms with Gasteiger partial charge in [0.15, 0.2) is 22.5 Å². The Morgan fingerprint density at radius 3 is 2.81 bits per heavy atom. The summed E-state index contributed by atoms with van der Waals surface area (Å²) in [6.45, 7) is 3.35. The summed E-state index contributed by atoms with van der Waals surface area (Å²) in [7, 11) is 1.99. The fourth-order valence-electron chi connectivity index (χ4n) is 3.01. The quantitative estimate of drug-likeness (QED) is 0.582. The van der Waals surface area contributed by atoms with Crippen molar-refractivity contribution < 1.29 is 9.47 Å². The standard InChI is InChI=1S/C20H20ClN3O2S/c1-13-6-3-4-7-15(13)19-22-23-20(24(19)2)27-12-14-10-16(21)18-17(11-14)25-8-5-9-26-18/h3-4,6-7,10-11H,5,8-9,12H2,1-2H3. The van der Waals surface area contributed by atoms with Crippen LogP contribution in [0, 0.1) is 6.92 Å². The molecule has 0 spiro atoms. The van der Waals surface area contributed by atoms with E-state index in [2.05, 4.69) is 29.3 Å². The number of benzene rings is 2. The van der Waals surface area contributed by atoms with E-state index in [1.54, 1.807) is 11.8 Å². The van der Waals surface area contributed by atoms with E-state index in [0.717, 1.165) is 34.3 Å². The number of rotatable bonds is 4. The van der Waals surface area contributed by atoms with E-state index in [1.807, 2.05) is 35.9 Å². The van der Waals surface area contributed by atoms with Crippen molar-refractivity contribution in [2.45, 2.75) is 24.3 Å². The Morgan fingerprint density at radius 1 is 1.15 bits per heavy atom. The number of ether oxygens (including phenoxy) is 2. The van der Waals surface area contributed by atoms with Gasteiger partial charge >= 0.3 is 0 Å². The van der Waals surface area contributed by atoms with Gasteiger partial charge in [-0.1, -0.05) is 47.6 Å². The predicted octanol–water partition coefficient (Wildman–Crippen LogP) is 4.90. The van der Waals surface area contributed by atoms with Crippen molar-refractivity contribution in [1.29, 1.82) is 0 Å². The fourth-order valence-corrected chi connectivity index (χ4v) is 4.14. The number of aryl methyl sites for hydroxylation is 1. The zero-order valence-corrected chi connectivity index (χ0v) is 16.8. The lowest BCUT2D eigenvalue weighted by molar-refractivity contribution is 0.297. The van der Waals surface area contributed by atoms with Crippen molar-refractivity contribution in [3.63, 3.8) is 0 Å². The average Bonchev–Trinajstić information content (AvgIpc) is 2.87. The molecule has 0 radical (unpaired) electrons. The van der Waals surface area contributed by atoms with Gasteiger partial charge in [0.25, 0.3) is 0 Å². The van der Waals surface area contributed by atoms with Crippen molar-refractivity contribution in [3.8, 4) is 22.9 Å². The average molecular weight is 402 g/mol. The van der Waals surface area contributed by atoms with Crippen LogP contribution in [0.4, 0.5) is 0 Å². The second kappa shape index (κ2) is 7.82. The molecule has 0 bridgehead atoms. The highest BCUT2D eigenvalue weighted by Gasteiger charge is 2.17. The Hall–Kier alpha value is -2.18. The molecule has 7 heteroatoms. The van der Waals surface area contributed by atoms with E-state index in [9.17, 15) is 0 Å². The van der Waals surface area contributed by atoms with Crippen LogP contribution in [0.1, 0.15) is 17.5 Å². The van der Waals surface area contributed by atoms with E-state index in [1.165, 1.54) is 5.56 Å². The second-order valence-electron chi connectivity index (χ2n) is 6.42. The third-order valence-corrected chi connectivity index (χ3v) is 5.82. The van der Waals surface area contributed by atoms with Crippen molar-refractivity contribution >= 4 is 23.4 Å². The topological polar surface area (TPSA) is 49.2 Å². The molecule has 2 heterocycles. The molecule has 0 saturated heterocycles. The third-order valence-electron chi connectivity index (χ3n) is 4.45. The largest absolute Gasteiger partial charge is 0.489 e. The number of thioether (sulfide) groups is 1. The van der Waals surface area contributed by atoms with Gasteiger partial charge in [-0.3, -0.25) is 0 Å². The summed E-state index contributed by atoms with van der Waals surface area (Å²) in [6.07, 6.45) is 0.857. The van der Waals surface area contributed by atoms with Crippen molar-refractivity contribution in [1.82, 2.24) is 14.8 Å². The molecule has 3 aromatic rings. The van der Waals surface area contributed by atoms with E-state index in [4.69, 9.17) is 21.1 Å². The van der Waals surface area contributed by atoms with Crippen LogP contribution in [0.5, 0.6) is 11.5 Å². The minimum atomic E-state index is 0.587. The van der Waals surface area contributed by atoms with Gasteiger partial charge < -0.3 is 14.0 Å². The Morgan fingerprint density at radius 2 is 1.96 bits per heavy atom. The zero-order valence-electron chi connectivity index (χ0n) is 15.2. The maximum absolute atomic E-state index is 6.39. The summed E-state index contributed by atoms with van der Waals surface area (Å²) < 4.78 is 13.5. The Balaban J connectivity index is 1.54. The molecule has 0 N–H and O–H groups in total. The predicted molar refractivity (Wildman–Crippen MR) is 108 cm³/mol. The molecule has 2 aromatic carbocycles. The normalized spacial score (nSPS) is 13.4.